The average molecular weight is 294 g/mol. The quantitative estimate of drug-likeness (QED) is 0.329. The summed E-state index contributed by atoms with van der Waals surface area (Å²) < 4.78 is 0. The molecule has 0 fully saturated rings. The van der Waals surface area contributed by atoms with E-state index in [1.807, 2.05) is 0 Å². The largest absolute Gasteiger partial charge is 0.364 e. The Balaban J connectivity index is 2.54. The van der Waals surface area contributed by atoms with Crippen LogP contribution in [0.3, 0.4) is 0 Å². The Morgan fingerprint density at radius 2 is 2.05 bits per heavy atom. The van der Waals surface area contributed by atoms with Crippen LogP contribution in [0.15, 0.2) is 34.5 Å². The van der Waals surface area contributed by atoms with Gasteiger partial charge in [0.1, 0.15) is 0 Å². The third-order valence-electron chi connectivity index (χ3n) is 2.08. The van der Waals surface area contributed by atoms with E-state index in [1.54, 1.807) is 26.1 Å². The standard InChI is InChI=1S/C11H14N6O2S/c1-8(7-13-16-11(20)12-2)14-15-9-3-5-10(6-4-9)17(18)19/h3-7,15H,1-2H3,(H2,12,16,20)/b13-7-,14-8-. The highest BCUT2D eigenvalue weighted by molar-refractivity contribution is 7.80. The monoisotopic (exact) mass is 294 g/mol. The summed E-state index contributed by atoms with van der Waals surface area (Å²) in [5.74, 6) is 0. The van der Waals surface area contributed by atoms with Gasteiger partial charge in [0.15, 0.2) is 5.11 Å². The molecule has 0 saturated heterocycles. The number of hydrogen-bond donors (Lipinski definition) is 3. The van der Waals surface area contributed by atoms with Crippen molar-refractivity contribution < 1.29 is 4.92 Å². The van der Waals surface area contributed by atoms with Crippen LogP contribution in [0.1, 0.15) is 6.92 Å². The Morgan fingerprint density at radius 3 is 2.60 bits per heavy atom. The predicted octanol–water partition coefficient (Wildman–Crippen LogP) is 1.46. The SMILES string of the molecule is CNC(=S)N/N=C\C(C)=N/Nc1ccc([N+](=O)[O-])cc1. The number of hydrazone groups is 2. The van der Waals surface area contributed by atoms with E-state index in [-0.39, 0.29) is 5.69 Å². The van der Waals surface area contributed by atoms with Gasteiger partial charge < -0.3 is 5.32 Å². The molecule has 9 heteroatoms. The first-order valence-electron chi connectivity index (χ1n) is 5.58. The molecule has 0 radical (unpaired) electrons. The van der Waals surface area contributed by atoms with Gasteiger partial charge in [-0.1, -0.05) is 0 Å². The van der Waals surface area contributed by atoms with E-state index in [0.29, 0.717) is 16.5 Å². The van der Waals surface area contributed by atoms with Crippen molar-refractivity contribution in [1.82, 2.24) is 10.7 Å². The molecular weight excluding hydrogens is 280 g/mol. The number of hydrogen-bond acceptors (Lipinski definition) is 6. The molecule has 3 N–H and O–H groups in total. The van der Waals surface area contributed by atoms with Crippen LogP contribution in [0.25, 0.3) is 0 Å². The molecule has 0 heterocycles. The number of nitrogens with one attached hydrogen (secondary N) is 3. The highest BCUT2D eigenvalue weighted by Crippen LogP contribution is 2.15. The molecule has 0 bridgehead atoms. The fourth-order valence-electron chi connectivity index (χ4n) is 1.08. The highest BCUT2D eigenvalue weighted by Gasteiger charge is 2.02. The van der Waals surface area contributed by atoms with Crippen LogP contribution in [0, 0.1) is 10.1 Å². The summed E-state index contributed by atoms with van der Waals surface area (Å²) in [6, 6.07) is 5.93. The van der Waals surface area contributed by atoms with Gasteiger partial charge in [0, 0.05) is 19.2 Å². The number of rotatable bonds is 5. The van der Waals surface area contributed by atoms with Gasteiger partial charge in [-0.05, 0) is 31.3 Å². The summed E-state index contributed by atoms with van der Waals surface area (Å²) in [4.78, 5) is 10.0. The fourth-order valence-corrected chi connectivity index (χ4v) is 1.13. The minimum Gasteiger partial charge on any atom is -0.364 e. The van der Waals surface area contributed by atoms with Crippen molar-refractivity contribution in [1.29, 1.82) is 0 Å². The zero-order chi connectivity index (χ0) is 15.0. The second-order valence-electron chi connectivity index (χ2n) is 3.62. The highest BCUT2D eigenvalue weighted by atomic mass is 32.1. The summed E-state index contributed by atoms with van der Waals surface area (Å²) in [5, 5.41) is 21.5. The molecule has 106 valence electrons. The van der Waals surface area contributed by atoms with Crippen molar-refractivity contribution in [3.8, 4) is 0 Å². The summed E-state index contributed by atoms with van der Waals surface area (Å²) >= 11 is 4.84. The van der Waals surface area contributed by atoms with Gasteiger partial charge in [0.25, 0.3) is 5.69 Å². The van der Waals surface area contributed by atoms with E-state index in [4.69, 9.17) is 12.2 Å². The number of non-ortho nitro benzene ring substituents is 1. The number of nitro benzene ring substituents is 1. The number of nitrogens with zero attached hydrogens (tertiary/aromatic N) is 3. The maximum atomic E-state index is 10.5. The lowest BCUT2D eigenvalue weighted by atomic mass is 10.3. The van der Waals surface area contributed by atoms with E-state index >= 15 is 0 Å². The van der Waals surface area contributed by atoms with Crippen molar-refractivity contribution >= 4 is 40.6 Å². The predicted molar refractivity (Wildman–Crippen MR) is 83.1 cm³/mol. The summed E-state index contributed by atoms with van der Waals surface area (Å²) in [6.07, 6.45) is 1.49. The van der Waals surface area contributed by atoms with E-state index in [0.717, 1.165) is 0 Å². The maximum absolute atomic E-state index is 10.5. The van der Waals surface area contributed by atoms with Gasteiger partial charge in [-0.2, -0.15) is 10.2 Å². The molecule has 1 aromatic rings. The Bertz CT molecular complexity index is 540. The molecule has 1 aromatic carbocycles. The minimum absolute atomic E-state index is 0.0302. The Labute approximate surface area is 121 Å². The lowest BCUT2D eigenvalue weighted by Gasteiger charge is -2.01. The van der Waals surface area contributed by atoms with Gasteiger partial charge in [-0.25, -0.2) is 0 Å². The first-order chi connectivity index (χ1) is 9.52. The van der Waals surface area contributed by atoms with Crippen molar-refractivity contribution in [2.45, 2.75) is 6.92 Å². The van der Waals surface area contributed by atoms with Crippen LogP contribution in [0.4, 0.5) is 11.4 Å². The number of anilines is 1. The van der Waals surface area contributed by atoms with Gasteiger partial charge >= 0.3 is 0 Å². The molecule has 0 aromatic heterocycles. The van der Waals surface area contributed by atoms with E-state index < -0.39 is 4.92 Å². The molecular formula is C11H14N6O2S. The molecule has 0 amide bonds. The minimum atomic E-state index is -0.457. The molecule has 8 nitrogen and oxygen atoms in total. The topological polar surface area (TPSA) is 104 Å². The summed E-state index contributed by atoms with van der Waals surface area (Å²) in [5.41, 5.74) is 6.63. The van der Waals surface area contributed by atoms with Crippen LogP contribution in [-0.2, 0) is 0 Å². The molecule has 0 spiro atoms. The zero-order valence-corrected chi connectivity index (χ0v) is 11.8. The van der Waals surface area contributed by atoms with Crippen LogP contribution in [0.2, 0.25) is 0 Å². The van der Waals surface area contributed by atoms with Crippen molar-refractivity contribution in [2.75, 3.05) is 12.5 Å². The maximum Gasteiger partial charge on any atom is 0.269 e. The average Bonchev–Trinajstić information content (AvgIpc) is 2.45. The van der Waals surface area contributed by atoms with E-state index in [1.165, 1.54) is 18.3 Å². The van der Waals surface area contributed by atoms with Crippen LogP contribution < -0.4 is 16.2 Å². The van der Waals surface area contributed by atoms with Crippen LogP contribution in [-0.4, -0.2) is 29.0 Å². The van der Waals surface area contributed by atoms with E-state index in [2.05, 4.69) is 26.4 Å². The molecule has 0 aliphatic carbocycles. The first kappa shape index (κ1) is 15.5. The number of nitro groups is 1. The Kier molecular flexibility index (Phi) is 6.04. The van der Waals surface area contributed by atoms with Crippen LogP contribution >= 0.6 is 12.2 Å². The number of thiocarbonyl (C=S) groups is 1. The molecule has 0 unspecified atom stereocenters. The van der Waals surface area contributed by atoms with Gasteiger partial charge in [0.2, 0.25) is 0 Å². The lowest BCUT2D eigenvalue weighted by molar-refractivity contribution is -0.384. The van der Waals surface area contributed by atoms with E-state index in [9.17, 15) is 10.1 Å². The van der Waals surface area contributed by atoms with Gasteiger partial charge in [0.05, 0.1) is 22.5 Å². The Hall–Kier alpha value is -2.55. The molecule has 0 saturated carbocycles. The normalized spacial score (nSPS) is 11.2. The second kappa shape index (κ2) is 7.79. The second-order valence-corrected chi connectivity index (χ2v) is 4.03. The fraction of sp³-hybridized carbons (Fsp3) is 0.182. The molecule has 1 rings (SSSR count). The van der Waals surface area contributed by atoms with Gasteiger partial charge in [-0.3, -0.25) is 21.0 Å². The van der Waals surface area contributed by atoms with Crippen molar-refractivity contribution in [2.24, 2.45) is 10.2 Å². The smallest absolute Gasteiger partial charge is 0.269 e. The summed E-state index contributed by atoms with van der Waals surface area (Å²) in [6.45, 7) is 1.74. The van der Waals surface area contributed by atoms with Gasteiger partial charge in [-0.15, -0.1) is 0 Å². The molecule has 0 atom stereocenters. The first-order valence-corrected chi connectivity index (χ1v) is 5.99. The number of benzene rings is 1. The van der Waals surface area contributed by atoms with Crippen LogP contribution in [0.5, 0.6) is 0 Å². The molecule has 0 aliphatic heterocycles. The zero-order valence-electron chi connectivity index (χ0n) is 11.0. The third-order valence-corrected chi connectivity index (χ3v) is 2.38. The third kappa shape index (κ3) is 5.40. The molecule has 20 heavy (non-hydrogen) atoms. The lowest BCUT2D eigenvalue weighted by Crippen LogP contribution is -2.28. The van der Waals surface area contributed by atoms with Crippen molar-refractivity contribution in [3.63, 3.8) is 0 Å². The van der Waals surface area contributed by atoms with Crippen molar-refractivity contribution in [3.05, 3.63) is 34.4 Å². The molecule has 0 aliphatic rings. The Morgan fingerprint density at radius 1 is 1.40 bits per heavy atom. The summed E-state index contributed by atoms with van der Waals surface area (Å²) in [7, 11) is 1.68.